The standard InChI is InChI=1S/C15H11BrF2N5O2P/c16-9-2-1-8-12(13(9)18)10(6-26)22-23(14(8)25)5-11(24)21-15-19-3-7(17)4-20-15/h1-4H,5-6,26H2,(H,19,20,21,24). The van der Waals surface area contributed by atoms with Crippen LogP contribution in [0.3, 0.4) is 0 Å². The van der Waals surface area contributed by atoms with Crippen LogP contribution in [0.1, 0.15) is 5.69 Å². The summed E-state index contributed by atoms with van der Waals surface area (Å²) in [6.45, 7) is -0.426. The van der Waals surface area contributed by atoms with E-state index in [-0.39, 0.29) is 27.4 Å². The highest BCUT2D eigenvalue weighted by Gasteiger charge is 2.17. The molecule has 0 bridgehead atoms. The highest BCUT2D eigenvalue weighted by atomic mass is 79.9. The Balaban J connectivity index is 1.96. The third-order valence-corrected chi connectivity index (χ3v) is 4.45. The monoisotopic (exact) mass is 441 g/mol. The molecule has 0 aliphatic heterocycles. The van der Waals surface area contributed by atoms with Gasteiger partial charge in [0.05, 0.1) is 27.9 Å². The first-order valence-electron chi connectivity index (χ1n) is 7.26. The largest absolute Gasteiger partial charge is 0.293 e. The average molecular weight is 442 g/mol. The average Bonchev–Trinajstić information content (AvgIpc) is 2.62. The van der Waals surface area contributed by atoms with Crippen molar-refractivity contribution in [2.24, 2.45) is 0 Å². The summed E-state index contributed by atoms with van der Waals surface area (Å²) in [4.78, 5) is 31.9. The second-order valence-electron chi connectivity index (χ2n) is 5.17. The van der Waals surface area contributed by atoms with Crippen LogP contribution in [-0.4, -0.2) is 25.7 Å². The molecule has 134 valence electrons. The maximum absolute atomic E-state index is 14.4. The lowest BCUT2D eigenvalue weighted by molar-refractivity contribution is -0.117. The first kappa shape index (κ1) is 18.5. The zero-order valence-corrected chi connectivity index (χ0v) is 15.8. The quantitative estimate of drug-likeness (QED) is 0.627. The van der Waals surface area contributed by atoms with Gasteiger partial charge in [-0.1, -0.05) is 0 Å². The van der Waals surface area contributed by atoms with Gasteiger partial charge in [0.1, 0.15) is 12.4 Å². The molecule has 11 heteroatoms. The second kappa shape index (κ2) is 7.51. The van der Waals surface area contributed by atoms with Gasteiger partial charge in [-0.2, -0.15) is 5.10 Å². The molecular weight excluding hydrogens is 431 g/mol. The predicted octanol–water partition coefficient (Wildman–Crippen LogP) is 2.24. The molecule has 3 aromatic rings. The Kier molecular flexibility index (Phi) is 5.33. The summed E-state index contributed by atoms with van der Waals surface area (Å²) in [6, 6.07) is 2.89. The smallest absolute Gasteiger partial charge is 0.275 e. The van der Waals surface area contributed by atoms with Crippen molar-refractivity contribution in [1.82, 2.24) is 19.7 Å². The topological polar surface area (TPSA) is 89.8 Å². The molecule has 2 aromatic heterocycles. The van der Waals surface area contributed by atoms with Crippen LogP contribution in [0.4, 0.5) is 14.7 Å². The zero-order valence-electron chi connectivity index (χ0n) is 13.0. The fourth-order valence-electron chi connectivity index (χ4n) is 2.32. The Hall–Kier alpha value is -2.32. The minimum absolute atomic E-state index is 0.105. The molecule has 3 rings (SSSR count). The van der Waals surface area contributed by atoms with E-state index in [1.807, 2.05) is 0 Å². The molecule has 0 radical (unpaired) electrons. The van der Waals surface area contributed by atoms with Crippen LogP contribution in [0.25, 0.3) is 10.8 Å². The van der Waals surface area contributed by atoms with E-state index in [0.29, 0.717) is 5.69 Å². The predicted molar refractivity (Wildman–Crippen MR) is 97.7 cm³/mol. The number of aromatic nitrogens is 4. The maximum Gasteiger partial charge on any atom is 0.275 e. The fourth-order valence-corrected chi connectivity index (χ4v) is 2.93. The zero-order chi connectivity index (χ0) is 18.8. The highest BCUT2D eigenvalue weighted by molar-refractivity contribution is 9.10. The van der Waals surface area contributed by atoms with Gasteiger partial charge in [0.15, 0.2) is 5.82 Å². The molecule has 1 aromatic carbocycles. The van der Waals surface area contributed by atoms with Crippen molar-refractivity contribution in [1.29, 1.82) is 0 Å². The van der Waals surface area contributed by atoms with Crippen LogP contribution in [0, 0.1) is 11.6 Å². The molecular formula is C15H11BrF2N5O2P. The van der Waals surface area contributed by atoms with Gasteiger partial charge in [-0.15, -0.1) is 9.24 Å². The Labute approximate surface area is 156 Å². The molecule has 0 aliphatic carbocycles. The molecule has 0 spiro atoms. The summed E-state index contributed by atoms with van der Waals surface area (Å²) in [5.41, 5.74) is -0.294. The molecule has 0 fully saturated rings. The summed E-state index contributed by atoms with van der Waals surface area (Å²) >= 11 is 3.08. The highest BCUT2D eigenvalue weighted by Crippen LogP contribution is 2.26. The number of carbonyl (C=O) groups excluding carboxylic acids is 1. The van der Waals surface area contributed by atoms with Crippen LogP contribution in [-0.2, 0) is 17.5 Å². The first-order chi connectivity index (χ1) is 12.4. The summed E-state index contributed by atoms with van der Waals surface area (Å²) in [6.07, 6.45) is 2.08. The molecule has 26 heavy (non-hydrogen) atoms. The summed E-state index contributed by atoms with van der Waals surface area (Å²) in [5, 5.41) is 6.64. The fraction of sp³-hybridized carbons (Fsp3) is 0.133. The number of nitrogens with zero attached hydrogens (tertiary/aromatic N) is 4. The van der Waals surface area contributed by atoms with E-state index >= 15 is 0 Å². The molecule has 2 heterocycles. The molecule has 0 aliphatic rings. The van der Waals surface area contributed by atoms with Crippen molar-refractivity contribution in [2.45, 2.75) is 12.7 Å². The van der Waals surface area contributed by atoms with Gasteiger partial charge in [0.2, 0.25) is 11.9 Å². The molecule has 7 nitrogen and oxygen atoms in total. The van der Waals surface area contributed by atoms with Gasteiger partial charge in [0, 0.05) is 11.5 Å². The van der Waals surface area contributed by atoms with Gasteiger partial charge < -0.3 is 0 Å². The van der Waals surface area contributed by atoms with Crippen LogP contribution >= 0.6 is 25.2 Å². The van der Waals surface area contributed by atoms with Gasteiger partial charge in [0.25, 0.3) is 5.56 Å². The molecule has 0 saturated heterocycles. The normalized spacial score (nSPS) is 10.9. The minimum atomic E-state index is -0.645. The number of rotatable bonds is 4. The number of fused-ring (bicyclic) bond motifs is 1. The van der Waals surface area contributed by atoms with E-state index in [2.05, 4.69) is 45.6 Å². The Bertz CT molecular complexity index is 1060. The van der Waals surface area contributed by atoms with Crippen molar-refractivity contribution in [3.8, 4) is 0 Å². The molecule has 1 atom stereocenters. The lowest BCUT2D eigenvalue weighted by Crippen LogP contribution is -2.31. The number of hydrogen-bond donors (Lipinski definition) is 1. The van der Waals surface area contributed by atoms with E-state index in [9.17, 15) is 18.4 Å². The van der Waals surface area contributed by atoms with E-state index in [1.165, 1.54) is 12.1 Å². The lowest BCUT2D eigenvalue weighted by atomic mass is 10.1. The van der Waals surface area contributed by atoms with Crippen LogP contribution in [0.5, 0.6) is 0 Å². The third kappa shape index (κ3) is 3.61. The van der Waals surface area contributed by atoms with Crippen molar-refractivity contribution in [3.05, 3.63) is 56.7 Å². The summed E-state index contributed by atoms with van der Waals surface area (Å²) in [7, 11) is 2.41. The number of hydrogen-bond acceptors (Lipinski definition) is 5. The number of nitrogens with one attached hydrogen (secondary N) is 1. The Morgan fingerprint density at radius 1 is 1.27 bits per heavy atom. The van der Waals surface area contributed by atoms with Gasteiger partial charge in [-0.05, 0) is 28.1 Å². The summed E-state index contributed by atoms with van der Waals surface area (Å²) in [5.74, 6) is -1.96. The number of halogens is 3. The van der Waals surface area contributed by atoms with Crippen molar-refractivity contribution in [3.63, 3.8) is 0 Å². The van der Waals surface area contributed by atoms with Crippen LogP contribution < -0.4 is 10.9 Å². The summed E-state index contributed by atoms with van der Waals surface area (Å²) < 4.78 is 28.3. The first-order valence-corrected chi connectivity index (χ1v) is 8.87. The molecule has 1 amide bonds. The SMILES string of the molecule is O=C(Cn1nc(CP)c2c(F)c(Br)ccc2c1=O)Nc1ncc(F)cn1. The van der Waals surface area contributed by atoms with Gasteiger partial charge in [-0.25, -0.2) is 23.4 Å². The Morgan fingerprint density at radius 2 is 1.96 bits per heavy atom. The van der Waals surface area contributed by atoms with Gasteiger partial charge >= 0.3 is 0 Å². The van der Waals surface area contributed by atoms with E-state index in [0.717, 1.165) is 17.1 Å². The second-order valence-corrected chi connectivity index (χ2v) is 6.43. The maximum atomic E-state index is 14.4. The third-order valence-electron chi connectivity index (χ3n) is 3.45. The molecule has 1 N–H and O–H groups in total. The molecule has 1 unspecified atom stereocenters. The van der Waals surface area contributed by atoms with E-state index < -0.39 is 29.6 Å². The number of amides is 1. The number of carbonyl (C=O) groups is 1. The van der Waals surface area contributed by atoms with E-state index in [4.69, 9.17) is 0 Å². The van der Waals surface area contributed by atoms with Crippen molar-refractivity contribution < 1.29 is 13.6 Å². The lowest BCUT2D eigenvalue weighted by Gasteiger charge is -2.11. The van der Waals surface area contributed by atoms with Crippen LogP contribution in [0.15, 0.2) is 33.8 Å². The van der Waals surface area contributed by atoms with Crippen molar-refractivity contribution in [2.75, 3.05) is 5.32 Å². The minimum Gasteiger partial charge on any atom is -0.293 e. The number of benzene rings is 1. The molecule has 0 saturated carbocycles. The van der Waals surface area contributed by atoms with E-state index in [1.54, 1.807) is 0 Å². The van der Waals surface area contributed by atoms with Crippen LogP contribution in [0.2, 0.25) is 0 Å². The van der Waals surface area contributed by atoms with Gasteiger partial charge in [-0.3, -0.25) is 14.9 Å². The Morgan fingerprint density at radius 3 is 2.62 bits per heavy atom. The number of anilines is 1. The van der Waals surface area contributed by atoms with Crippen molar-refractivity contribution >= 4 is 47.8 Å².